The third kappa shape index (κ3) is 3.16. The van der Waals surface area contributed by atoms with Gasteiger partial charge in [-0.2, -0.15) is 0 Å². The second-order valence-corrected chi connectivity index (χ2v) is 6.27. The van der Waals surface area contributed by atoms with E-state index in [2.05, 4.69) is 21.2 Å². The van der Waals surface area contributed by atoms with Gasteiger partial charge in [0.05, 0.1) is 16.5 Å². The second-order valence-electron chi connectivity index (χ2n) is 5.35. The van der Waals surface area contributed by atoms with Gasteiger partial charge < -0.3 is 10.4 Å². The minimum atomic E-state index is -0.830. The summed E-state index contributed by atoms with van der Waals surface area (Å²) in [6.07, 6.45) is 0. The highest BCUT2D eigenvalue weighted by Gasteiger charge is 2.39. The molecule has 1 atom stereocenters. The maximum atomic E-state index is 12.2. The van der Waals surface area contributed by atoms with Crippen molar-refractivity contribution in [3.05, 3.63) is 79.8 Å². The zero-order valence-corrected chi connectivity index (χ0v) is 14.2. The van der Waals surface area contributed by atoms with Crippen LogP contribution in [0.5, 0.6) is 0 Å². The Hall–Kier alpha value is -3.00. The summed E-state index contributed by atoms with van der Waals surface area (Å²) in [5.41, 5.74) is 0.623. The Kier molecular flexibility index (Phi) is 4.37. The van der Waals surface area contributed by atoms with Crippen LogP contribution in [0.1, 0.15) is 17.2 Å². The molecule has 1 amide bonds. The van der Waals surface area contributed by atoms with Gasteiger partial charge in [0.25, 0.3) is 17.4 Å². The van der Waals surface area contributed by atoms with E-state index in [0.717, 1.165) is 4.47 Å². The molecular formula is C17H11BrN2O5. The number of amides is 1. The van der Waals surface area contributed by atoms with Gasteiger partial charge >= 0.3 is 0 Å². The van der Waals surface area contributed by atoms with Gasteiger partial charge in [-0.05, 0) is 29.8 Å². The van der Waals surface area contributed by atoms with E-state index in [-0.39, 0.29) is 22.6 Å². The fourth-order valence-electron chi connectivity index (χ4n) is 2.57. The number of nitro groups is 1. The number of nitro benzene ring substituents is 1. The van der Waals surface area contributed by atoms with Crippen LogP contribution in [-0.4, -0.2) is 21.7 Å². The first-order chi connectivity index (χ1) is 11.9. The maximum absolute atomic E-state index is 12.2. The monoisotopic (exact) mass is 402 g/mol. The zero-order valence-electron chi connectivity index (χ0n) is 12.6. The van der Waals surface area contributed by atoms with E-state index in [0.29, 0.717) is 5.56 Å². The Morgan fingerprint density at radius 3 is 2.24 bits per heavy atom. The summed E-state index contributed by atoms with van der Waals surface area (Å²) in [5, 5.41) is 23.8. The molecule has 0 radical (unpaired) electrons. The van der Waals surface area contributed by atoms with Crippen LogP contribution in [0.4, 0.5) is 5.69 Å². The lowest BCUT2D eigenvalue weighted by molar-refractivity contribution is -0.384. The molecule has 7 nitrogen and oxygen atoms in total. The first-order valence-electron chi connectivity index (χ1n) is 7.17. The Balaban J connectivity index is 2.07. The van der Waals surface area contributed by atoms with Gasteiger partial charge in [0.2, 0.25) is 0 Å². The average Bonchev–Trinajstić information content (AvgIpc) is 2.90. The Morgan fingerprint density at radius 2 is 1.68 bits per heavy atom. The van der Waals surface area contributed by atoms with Crippen molar-refractivity contribution in [2.45, 2.75) is 6.04 Å². The van der Waals surface area contributed by atoms with Gasteiger partial charge in [-0.3, -0.25) is 19.7 Å². The lowest BCUT2D eigenvalue weighted by atomic mass is 9.96. The molecule has 0 saturated carbocycles. The van der Waals surface area contributed by atoms with Gasteiger partial charge in [0.1, 0.15) is 5.76 Å². The molecule has 3 rings (SSSR count). The zero-order chi connectivity index (χ0) is 18.1. The van der Waals surface area contributed by atoms with Gasteiger partial charge in [0, 0.05) is 22.2 Å². The lowest BCUT2D eigenvalue weighted by Crippen LogP contribution is -2.21. The lowest BCUT2D eigenvalue weighted by Gasteiger charge is -2.13. The van der Waals surface area contributed by atoms with E-state index in [4.69, 9.17) is 0 Å². The number of hydrogen-bond donors (Lipinski definition) is 2. The number of non-ortho nitro benzene ring substituents is 1. The van der Waals surface area contributed by atoms with E-state index >= 15 is 0 Å². The number of aliphatic hydroxyl groups excluding tert-OH is 1. The summed E-state index contributed by atoms with van der Waals surface area (Å²) in [4.78, 5) is 34.2. The third-order valence-corrected chi connectivity index (χ3v) is 4.35. The quantitative estimate of drug-likeness (QED) is 0.269. The molecular weight excluding hydrogens is 392 g/mol. The average molecular weight is 403 g/mol. The second kappa shape index (κ2) is 6.48. The highest BCUT2D eigenvalue weighted by atomic mass is 79.9. The predicted octanol–water partition coefficient (Wildman–Crippen LogP) is 3.07. The number of benzene rings is 2. The van der Waals surface area contributed by atoms with E-state index in [9.17, 15) is 24.8 Å². The van der Waals surface area contributed by atoms with Gasteiger partial charge in [-0.1, -0.05) is 28.1 Å². The van der Waals surface area contributed by atoms with E-state index in [1.165, 1.54) is 24.3 Å². The number of carbonyl (C=O) groups excluding carboxylic acids is 2. The van der Waals surface area contributed by atoms with Crippen LogP contribution in [0.2, 0.25) is 0 Å². The van der Waals surface area contributed by atoms with Gasteiger partial charge in [0.15, 0.2) is 0 Å². The Labute approximate surface area is 150 Å². The van der Waals surface area contributed by atoms with Crippen LogP contribution in [0, 0.1) is 10.1 Å². The predicted molar refractivity (Wildman–Crippen MR) is 92.7 cm³/mol. The maximum Gasteiger partial charge on any atom is 0.293 e. The molecule has 1 heterocycles. The van der Waals surface area contributed by atoms with Crippen molar-refractivity contribution in [3.63, 3.8) is 0 Å². The van der Waals surface area contributed by atoms with Crippen LogP contribution in [0.15, 0.2) is 58.6 Å². The molecule has 2 aromatic carbocycles. The Morgan fingerprint density at radius 1 is 1.08 bits per heavy atom. The van der Waals surface area contributed by atoms with Crippen LogP contribution in [-0.2, 0) is 9.59 Å². The van der Waals surface area contributed by atoms with Gasteiger partial charge in [-0.15, -0.1) is 0 Å². The molecule has 0 aromatic heterocycles. The van der Waals surface area contributed by atoms with Crippen LogP contribution in [0.25, 0.3) is 5.76 Å². The van der Waals surface area contributed by atoms with Crippen molar-refractivity contribution >= 4 is 39.1 Å². The van der Waals surface area contributed by atoms with Crippen molar-refractivity contribution in [1.82, 2.24) is 5.32 Å². The normalized spacial score (nSPS) is 18.8. The summed E-state index contributed by atoms with van der Waals surface area (Å²) in [6, 6.07) is 11.3. The number of nitrogens with zero attached hydrogens (tertiary/aromatic N) is 1. The number of rotatable bonds is 3. The molecule has 1 fully saturated rings. The number of aliphatic hydroxyl groups is 1. The molecule has 0 aliphatic carbocycles. The summed E-state index contributed by atoms with van der Waals surface area (Å²) in [6.45, 7) is 0. The molecule has 25 heavy (non-hydrogen) atoms. The number of carbonyl (C=O) groups is 2. The van der Waals surface area contributed by atoms with Crippen molar-refractivity contribution in [3.8, 4) is 0 Å². The first-order valence-corrected chi connectivity index (χ1v) is 7.96. The summed E-state index contributed by atoms with van der Waals surface area (Å²) in [5.74, 6) is -2.02. The molecule has 1 saturated heterocycles. The van der Waals surface area contributed by atoms with Crippen molar-refractivity contribution in [2.75, 3.05) is 0 Å². The van der Waals surface area contributed by atoms with Crippen LogP contribution >= 0.6 is 15.9 Å². The smallest absolute Gasteiger partial charge is 0.293 e. The topological polar surface area (TPSA) is 110 Å². The largest absolute Gasteiger partial charge is 0.507 e. The molecule has 0 bridgehead atoms. The SMILES string of the molecule is O=C1N[C@H](c2ccc(Br)cc2)C(=C(O)c2ccc([N+](=O)[O-])cc2)C1=O. The van der Waals surface area contributed by atoms with E-state index in [1.54, 1.807) is 24.3 Å². The van der Waals surface area contributed by atoms with Crippen LogP contribution in [0.3, 0.4) is 0 Å². The minimum Gasteiger partial charge on any atom is -0.507 e. The number of Topliss-reactive ketones (excluding diaryl/α,β-unsaturated/α-hetero) is 1. The number of nitrogens with one attached hydrogen (secondary N) is 1. The standard InChI is InChI=1S/C17H11BrN2O5/c18-11-5-1-9(2-6-11)14-13(16(22)17(23)19-14)15(21)10-3-7-12(8-4-10)20(24)25/h1-8,14,21H,(H,19,23)/t14-/m1/s1. The molecule has 2 N–H and O–H groups in total. The number of hydrogen-bond acceptors (Lipinski definition) is 5. The van der Waals surface area contributed by atoms with E-state index in [1.807, 2.05) is 0 Å². The van der Waals surface area contributed by atoms with Crippen molar-refractivity contribution < 1.29 is 19.6 Å². The fourth-order valence-corrected chi connectivity index (χ4v) is 2.83. The Bertz CT molecular complexity index is 904. The molecule has 2 aromatic rings. The van der Waals surface area contributed by atoms with Gasteiger partial charge in [-0.25, -0.2) is 0 Å². The minimum absolute atomic E-state index is 0.0822. The molecule has 1 aliphatic heterocycles. The molecule has 0 unspecified atom stereocenters. The molecule has 1 aliphatic rings. The highest BCUT2D eigenvalue weighted by molar-refractivity contribution is 9.10. The summed E-state index contributed by atoms with van der Waals surface area (Å²) >= 11 is 3.31. The first kappa shape index (κ1) is 16.8. The molecule has 8 heteroatoms. The molecule has 126 valence electrons. The third-order valence-electron chi connectivity index (χ3n) is 3.82. The summed E-state index contributed by atoms with van der Waals surface area (Å²) in [7, 11) is 0. The summed E-state index contributed by atoms with van der Waals surface area (Å²) < 4.78 is 0.831. The van der Waals surface area contributed by atoms with Crippen molar-refractivity contribution in [1.29, 1.82) is 0 Å². The number of halogens is 1. The highest BCUT2D eigenvalue weighted by Crippen LogP contribution is 2.33. The molecule has 0 spiro atoms. The van der Waals surface area contributed by atoms with E-state index < -0.39 is 22.7 Å². The fraction of sp³-hybridized carbons (Fsp3) is 0.0588. The van der Waals surface area contributed by atoms with Crippen LogP contribution < -0.4 is 5.32 Å². The van der Waals surface area contributed by atoms with Crippen molar-refractivity contribution in [2.24, 2.45) is 0 Å². The number of ketones is 1.